The van der Waals surface area contributed by atoms with E-state index in [1.807, 2.05) is 44.3 Å². The minimum absolute atomic E-state index is 0.0821. The molecular formula is C20H21N7O2. The molecule has 3 heterocycles. The molecule has 0 aliphatic carbocycles. The van der Waals surface area contributed by atoms with Gasteiger partial charge in [-0.15, -0.1) is 0 Å². The molecule has 1 aromatic carbocycles. The van der Waals surface area contributed by atoms with E-state index < -0.39 is 0 Å². The Morgan fingerprint density at radius 2 is 2.00 bits per heavy atom. The fourth-order valence-electron chi connectivity index (χ4n) is 3.16. The Kier molecular flexibility index (Phi) is 4.63. The first-order valence-corrected chi connectivity index (χ1v) is 9.23. The number of imidazole rings is 1. The van der Waals surface area contributed by atoms with Gasteiger partial charge in [0.05, 0.1) is 16.7 Å². The van der Waals surface area contributed by atoms with Crippen LogP contribution in [0.1, 0.15) is 12.6 Å². The zero-order chi connectivity index (χ0) is 20.5. The Balaban J connectivity index is 1.89. The molecule has 0 bridgehead atoms. The number of carbonyl (C=O) groups excluding carboxylic acids is 1. The first-order chi connectivity index (χ1) is 14.0. The fraction of sp³-hybridized carbons (Fsp3) is 0.200. The minimum atomic E-state index is -0.338. The smallest absolute Gasteiger partial charge is 0.321 e. The van der Waals surface area contributed by atoms with Crippen LogP contribution in [-0.2, 0) is 7.05 Å². The number of urea groups is 1. The highest BCUT2D eigenvalue weighted by molar-refractivity contribution is 5.94. The lowest BCUT2D eigenvalue weighted by atomic mass is 10.0. The summed E-state index contributed by atoms with van der Waals surface area (Å²) in [7, 11) is 1.74. The first-order valence-electron chi connectivity index (χ1n) is 9.23. The second kappa shape index (κ2) is 7.27. The summed E-state index contributed by atoms with van der Waals surface area (Å²) in [6, 6.07) is 8.87. The summed E-state index contributed by atoms with van der Waals surface area (Å²) in [4.78, 5) is 31.8. The quantitative estimate of drug-likeness (QED) is 0.497. The van der Waals surface area contributed by atoms with E-state index in [0.717, 1.165) is 28.0 Å². The van der Waals surface area contributed by atoms with Gasteiger partial charge in [0.2, 0.25) is 5.95 Å². The largest absolute Gasteiger partial charge is 0.338 e. The standard InChI is InChI=1S/C20H21N7O2/c1-4-21-20(29)25-19-23-15-9-14(13-8-12(2)26(3)17(28)11-13)10-16(18(15)24-19)27-7-5-6-22-27/h5-11H,4H2,1-3H3,(H3,21,23,24,25,29). The van der Waals surface area contributed by atoms with Gasteiger partial charge in [-0.05, 0) is 49.2 Å². The topological polar surface area (TPSA) is 110 Å². The number of amides is 2. The van der Waals surface area contributed by atoms with E-state index in [9.17, 15) is 9.59 Å². The van der Waals surface area contributed by atoms with Gasteiger partial charge in [0, 0.05) is 37.7 Å². The third-order valence-corrected chi connectivity index (χ3v) is 4.73. The van der Waals surface area contributed by atoms with Crippen molar-refractivity contribution in [1.82, 2.24) is 29.6 Å². The van der Waals surface area contributed by atoms with Gasteiger partial charge in [0.1, 0.15) is 0 Å². The number of hydrogen-bond acceptors (Lipinski definition) is 4. The molecule has 9 heteroatoms. The van der Waals surface area contributed by atoms with Crippen LogP contribution in [0.2, 0.25) is 0 Å². The van der Waals surface area contributed by atoms with E-state index in [-0.39, 0.29) is 11.6 Å². The van der Waals surface area contributed by atoms with Crippen molar-refractivity contribution in [1.29, 1.82) is 0 Å². The van der Waals surface area contributed by atoms with Gasteiger partial charge in [-0.1, -0.05) is 0 Å². The summed E-state index contributed by atoms with van der Waals surface area (Å²) >= 11 is 0. The van der Waals surface area contributed by atoms with Crippen molar-refractivity contribution in [2.45, 2.75) is 13.8 Å². The molecule has 0 fully saturated rings. The molecule has 3 aromatic heterocycles. The number of nitrogens with zero attached hydrogens (tertiary/aromatic N) is 4. The van der Waals surface area contributed by atoms with Gasteiger partial charge >= 0.3 is 6.03 Å². The maximum absolute atomic E-state index is 12.3. The van der Waals surface area contributed by atoms with Gasteiger partial charge in [-0.25, -0.2) is 14.5 Å². The number of rotatable bonds is 4. The molecule has 0 spiro atoms. The average molecular weight is 391 g/mol. The van der Waals surface area contributed by atoms with Crippen molar-refractivity contribution in [3.8, 4) is 16.8 Å². The molecule has 0 saturated carbocycles. The number of aromatic nitrogens is 5. The van der Waals surface area contributed by atoms with Crippen molar-refractivity contribution in [3.63, 3.8) is 0 Å². The number of fused-ring (bicyclic) bond motifs is 1. The highest BCUT2D eigenvalue weighted by Gasteiger charge is 2.14. The van der Waals surface area contributed by atoms with Crippen LogP contribution in [0, 0.1) is 6.92 Å². The zero-order valence-electron chi connectivity index (χ0n) is 16.4. The Labute approximate surface area is 166 Å². The Hall–Kier alpha value is -3.88. The lowest BCUT2D eigenvalue weighted by molar-refractivity contribution is 0.252. The maximum Gasteiger partial charge on any atom is 0.321 e. The van der Waals surface area contributed by atoms with Gasteiger partial charge in [-0.3, -0.25) is 10.1 Å². The molecule has 4 aromatic rings. The maximum atomic E-state index is 12.3. The minimum Gasteiger partial charge on any atom is -0.338 e. The lowest BCUT2D eigenvalue weighted by Crippen LogP contribution is -2.28. The summed E-state index contributed by atoms with van der Waals surface area (Å²) in [5.74, 6) is 0.330. The summed E-state index contributed by atoms with van der Waals surface area (Å²) in [5, 5.41) is 9.68. The predicted molar refractivity (Wildman–Crippen MR) is 111 cm³/mol. The summed E-state index contributed by atoms with van der Waals surface area (Å²) in [5.41, 5.74) is 4.54. The number of H-pyrrole nitrogens is 1. The number of hydrogen-bond donors (Lipinski definition) is 3. The summed E-state index contributed by atoms with van der Waals surface area (Å²) in [6.45, 7) is 4.24. The molecule has 0 aliphatic heterocycles. The van der Waals surface area contributed by atoms with Crippen LogP contribution in [0.3, 0.4) is 0 Å². The number of aromatic amines is 1. The summed E-state index contributed by atoms with van der Waals surface area (Å²) < 4.78 is 3.31. The Bertz CT molecular complexity index is 1250. The van der Waals surface area contributed by atoms with E-state index in [1.54, 1.807) is 28.6 Å². The van der Waals surface area contributed by atoms with Crippen molar-refractivity contribution >= 4 is 23.0 Å². The molecule has 2 amide bonds. The molecular weight excluding hydrogens is 370 g/mol. The summed E-state index contributed by atoms with van der Waals surface area (Å²) in [6.07, 6.45) is 3.51. The number of benzene rings is 1. The van der Waals surface area contributed by atoms with Crippen molar-refractivity contribution in [3.05, 3.63) is 58.8 Å². The molecule has 9 nitrogen and oxygen atoms in total. The molecule has 4 rings (SSSR count). The number of pyridine rings is 1. The van der Waals surface area contributed by atoms with Crippen LogP contribution in [0.25, 0.3) is 27.8 Å². The molecule has 3 N–H and O–H groups in total. The first kappa shape index (κ1) is 18.5. The van der Waals surface area contributed by atoms with Crippen molar-refractivity contribution < 1.29 is 4.79 Å². The van der Waals surface area contributed by atoms with Gasteiger partial charge in [-0.2, -0.15) is 5.10 Å². The Morgan fingerprint density at radius 1 is 1.21 bits per heavy atom. The molecule has 29 heavy (non-hydrogen) atoms. The molecule has 0 aliphatic rings. The van der Waals surface area contributed by atoms with Crippen LogP contribution < -0.4 is 16.2 Å². The van der Waals surface area contributed by atoms with E-state index in [1.165, 1.54) is 0 Å². The average Bonchev–Trinajstić information content (AvgIpc) is 3.34. The normalized spacial score (nSPS) is 11.0. The third kappa shape index (κ3) is 3.49. The molecule has 0 saturated heterocycles. The second-order valence-electron chi connectivity index (χ2n) is 6.69. The molecule has 0 unspecified atom stereocenters. The molecule has 0 radical (unpaired) electrons. The van der Waals surface area contributed by atoms with Crippen LogP contribution in [0.15, 0.2) is 47.5 Å². The van der Waals surface area contributed by atoms with Crippen LogP contribution in [-0.4, -0.2) is 36.9 Å². The third-order valence-electron chi connectivity index (χ3n) is 4.73. The Morgan fingerprint density at radius 3 is 2.69 bits per heavy atom. The van der Waals surface area contributed by atoms with Crippen molar-refractivity contribution in [2.75, 3.05) is 11.9 Å². The lowest BCUT2D eigenvalue weighted by Gasteiger charge is -2.10. The van der Waals surface area contributed by atoms with Gasteiger partial charge < -0.3 is 14.9 Å². The van der Waals surface area contributed by atoms with Crippen LogP contribution in [0.5, 0.6) is 0 Å². The van der Waals surface area contributed by atoms with E-state index in [2.05, 4.69) is 25.7 Å². The fourth-order valence-corrected chi connectivity index (χ4v) is 3.16. The van der Waals surface area contributed by atoms with Crippen molar-refractivity contribution in [2.24, 2.45) is 7.05 Å². The van der Waals surface area contributed by atoms with Crippen LogP contribution in [0.4, 0.5) is 10.7 Å². The zero-order valence-corrected chi connectivity index (χ0v) is 16.4. The number of nitrogens with one attached hydrogen (secondary N) is 3. The number of aryl methyl sites for hydroxylation is 1. The van der Waals surface area contributed by atoms with Gasteiger partial charge in [0.25, 0.3) is 5.56 Å². The highest BCUT2D eigenvalue weighted by atomic mass is 16.2. The molecule has 0 atom stereocenters. The predicted octanol–water partition coefficient (Wildman–Crippen LogP) is 2.56. The van der Waals surface area contributed by atoms with E-state index >= 15 is 0 Å². The SMILES string of the molecule is CCNC(=O)Nc1nc2cc(-c3cc(C)n(C)c(=O)c3)cc(-n3cccn3)c2[nH]1. The highest BCUT2D eigenvalue weighted by Crippen LogP contribution is 2.29. The number of anilines is 1. The van der Waals surface area contributed by atoms with E-state index in [0.29, 0.717) is 18.0 Å². The van der Waals surface area contributed by atoms with E-state index in [4.69, 9.17) is 0 Å². The monoisotopic (exact) mass is 391 g/mol. The number of carbonyl (C=O) groups is 1. The second-order valence-corrected chi connectivity index (χ2v) is 6.69. The van der Waals surface area contributed by atoms with Crippen LogP contribution >= 0.6 is 0 Å². The van der Waals surface area contributed by atoms with Gasteiger partial charge in [0.15, 0.2) is 0 Å². The molecule has 148 valence electrons.